The second-order valence-electron chi connectivity index (χ2n) is 7.68. The Balaban J connectivity index is 1.44. The molecule has 1 saturated heterocycles. The maximum Gasteiger partial charge on any atom is 0.294 e. The molecule has 0 saturated carbocycles. The number of benzene rings is 3. The fourth-order valence-corrected chi connectivity index (χ4v) is 4.69. The number of thioether (sulfide) groups is 1. The third kappa shape index (κ3) is 7.00. The molecule has 2 N–H and O–H groups in total. The summed E-state index contributed by atoms with van der Waals surface area (Å²) in [6, 6.07) is 20.6. The van der Waals surface area contributed by atoms with E-state index in [0.717, 1.165) is 16.7 Å². The Bertz CT molecular complexity index is 1400. The largest absolute Gasteiger partial charge is 0.483 e. The van der Waals surface area contributed by atoms with Gasteiger partial charge < -0.3 is 15.4 Å². The van der Waals surface area contributed by atoms with Gasteiger partial charge in [-0.2, -0.15) is 0 Å². The second kappa shape index (κ2) is 12.1. The number of rotatable bonds is 8. The van der Waals surface area contributed by atoms with Crippen molar-refractivity contribution in [3.05, 3.63) is 92.8 Å². The van der Waals surface area contributed by atoms with Gasteiger partial charge in [0.15, 0.2) is 6.61 Å². The summed E-state index contributed by atoms with van der Waals surface area (Å²) in [7, 11) is 0. The monoisotopic (exact) mass is 599 g/mol. The number of anilines is 2. The minimum absolute atomic E-state index is 0.126. The predicted octanol–water partition coefficient (Wildman–Crippen LogP) is 5.80. The lowest BCUT2D eigenvalue weighted by Crippen LogP contribution is -2.36. The molecule has 1 fully saturated rings. The van der Waals surface area contributed by atoms with Crippen LogP contribution in [0.2, 0.25) is 5.02 Å². The number of hydrogen-bond acceptors (Lipinski definition) is 6. The van der Waals surface area contributed by atoms with Crippen molar-refractivity contribution in [3.8, 4) is 5.75 Å². The van der Waals surface area contributed by atoms with Crippen LogP contribution in [0.15, 0.2) is 82.2 Å². The van der Waals surface area contributed by atoms with E-state index < -0.39 is 29.5 Å². The van der Waals surface area contributed by atoms with E-state index in [-0.39, 0.29) is 11.5 Å². The van der Waals surface area contributed by atoms with Gasteiger partial charge in [0.25, 0.3) is 17.1 Å². The highest BCUT2D eigenvalue weighted by molar-refractivity contribution is 9.10. The van der Waals surface area contributed by atoms with E-state index >= 15 is 0 Å². The first-order chi connectivity index (χ1) is 17.8. The molecule has 3 aromatic carbocycles. The Morgan fingerprint density at radius 3 is 2.46 bits per heavy atom. The summed E-state index contributed by atoms with van der Waals surface area (Å²) in [5.41, 5.74) is 1.49. The van der Waals surface area contributed by atoms with Crippen LogP contribution in [-0.2, 0) is 14.4 Å². The highest BCUT2D eigenvalue weighted by Gasteiger charge is 2.36. The lowest BCUT2D eigenvalue weighted by atomic mass is 10.2. The van der Waals surface area contributed by atoms with Gasteiger partial charge in [-0.3, -0.25) is 24.1 Å². The van der Waals surface area contributed by atoms with Gasteiger partial charge in [-0.1, -0.05) is 57.9 Å². The topological polar surface area (TPSA) is 105 Å². The number of nitrogens with zero attached hydrogens (tertiary/aromatic N) is 1. The number of nitrogens with one attached hydrogen (secondary N) is 2. The zero-order valence-electron chi connectivity index (χ0n) is 19.1. The van der Waals surface area contributed by atoms with Gasteiger partial charge in [-0.25, -0.2) is 0 Å². The van der Waals surface area contributed by atoms with Crippen LogP contribution in [0.25, 0.3) is 6.08 Å². The van der Waals surface area contributed by atoms with E-state index in [1.807, 2.05) is 6.07 Å². The second-order valence-corrected chi connectivity index (χ2v) is 10.00. The van der Waals surface area contributed by atoms with Crippen LogP contribution in [0, 0.1) is 0 Å². The molecular weight excluding hydrogens is 582 g/mol. The van der Waals surface area contributed by atoms with Crippen LogP contribution < -0.4 is 15.4 Å². The van der Waals surface area contributed by atoms with Crippen molar-refractivity contribution in [2.45, 2.75) is 0 Å². The molecule has 0 spiro atoms. The molecule has 1 aliphatic rings. The van der Waals surface area contributed by atoms with E-state index in [0.29, 0.717) is 32.2 Å². The molecule has 1 heterocycles. The van der Waals surface area contributed by atoms with E-state index in [1.54, 1.807) is 66.7 Å². The maximum atomic E-state index is 12.9. The van der Waals surface area contributed by atoms with Crippen molar-refractivity contribution in [2.75, 3.05) is 23.8 Å². The lowest BCUT2D eigenvalue weighted by Gasteiger charge is -2.13. The Morgan fingerprint density at radius 2 is 1.70 bits per heavy atom. The minimum Gasteiger partial charge on any atom is -0.483 e. The highest BCUT2D eigenvalue weighted by atomic mass is 79.9. The summed E-state index contributed by atoms with van der Waals surface area (Å²) in [5, 5.41) is 5.16. The van der Waals surface area contributed by atoms with Gasteiger partial charge in [-0.05, 0) is 60.3 Å². The van der Waals surface area contributed by atoms with Gasteiger partial charge >= 0.3 is 0 Å². The molecule has 37 heavy (non-hydrogen) atoms. The quantitative estimate of drug-likeness (QED) is 0.317. The first kappa shape index (κ1) is 26.5. The molecule has 0 bridgehead atoms. The predicted molar refractivity (Wildman–Crippen MR) is 147 cm³/mol. The van der Waals surface area contributed by atoms with Crippen molar-refractivity contribution in [3.63, 3.8) is 0 Å². The maximum absolute atomic E-state index is 12.9. The number of carbonyl (C=O) groups excluding carboxylic acids is 4. The smallest absolute Gasteiger partial charge is 0.294 e. The number of hydrogen-bond donors (Lipinski definition) is 2. The lowest BCUT2D eigenvalue weighted by molar-refractivity contribution is -0.127. The summed E-state index contributed by atoms with van der Waals surface area (Å²) in [6.07, 6.45) is 1.49. The molecule has 1 aliphatic heterocycles. The van der Waals surface area contributed by atoms with Crippen molar-refractivity contribution >= 4 is 79.7 Å². The SMILES string of the molecule is O=C(CN1C(=O)S/C(=C\c2cc(Br)ccc2OCC(=O)Nc2ccccc2Cl)C1=O)Nc1ccccc1. The number of amides is 4. The van der Waals surface area contributed by atoms with Gasteiger partial charge in [-0.15, -0.1) is 0 Å². The summed E-state index contributed by atoms with van der Waals surface area (Å²) < 4.78 is 6.39. The van der Waals surface area contributed by atoms with Crippen molar-refractivity contribution in [1.29, 1.82) is 0 Å². The molecule has 0 atom stereocenters. The molecule has 0 radical (unpaired) electrons. The molecular formula is C26H19BrClN3O5S. The fraction of sp³-hybridized carbons (Fsp3) is 0.0769. The van der Waals surface area contributed by atoms with Crippen LogP contribution >= 0.6 is 39.3 Å². The van der Waals surface area contributed by atoms with Crippen LogP contribution in [-0.4, -0.2) is 41.0 Å². The van der Waals surface area contributed by atoms with Gasteiger partial charge in [0.05, 0.1) is 15.6 Å². The van der Waals surface area contributed by atoms with E-state index in [4.69, 9.17) is 16.3 Å². The van der Waals surface area contributed by atoms with Crippen molar-refractivity contribution in [1.82, 2.24) is 4.90 Å². The summed E-state index contributed by atoms with van der Waals surface area (Å²) in [6.45, 7) is -0.726. The molecule has 188 valence electrons. The van der Waals surface area contributed by atoms with Crippen LogP contribution in [0.1, 0.15) is 5.56 Å². The number of carbonyl (C=O) groups is 4. The van der Waals surface area contributed by atoms with Crippen molar-refractivity contribution in [2.24, 2.45) is 0 Å². The third-order valence-electron chi connectivity index (χ3n) is 5.00. The number of ether oxygens (including phenoxy) is 1. The fourth-order valence-electron chi connectivity index (χ4n) is 3.30. The van der Waals surface area contributed by atoms with E-state index in [2.05, 4.69) is 26.6 Å². The number of para-hydroxylation sites is 2. The Morgan fingerprint density at radius 1 is 0.973 bits per heavy atom. The number of imide groups is 1. The third-order valence-corrected chi connectivity index (χ3v) is 6.73. The zero-order valence-corrected chi connectivity index (χ0v) is 22.2. The molecule has 4 rings (SSSR count). The molecule has 8 nitrogen and oxygen atoms in total. The highest BCUT2D eigenvalue weighted by Crippen LogP contribution is 2.35. The Hall–Kier alpha value is -3.60. The number of halogens is 2. The molecule has 0 unspecified atom stereocenters. The molecule has 0 aliphatic carbocycles. The Kier molecular flexibility index (Phi) is 8.65. The standard InChI is InChI=1S/C26H19BrClN3O5S/c27-17-10-11-21(36-15-24(33)30-20-9-5-4-8-19(20)28)16(12-17)13-22-25(34)31(26(35)37-22)14-23(32)29-18-6-2-1-3-7-18/h1-13H,14-15H2,(H,29,32)(H,30,33)/b22-13-. The van der Waals surface area contributed by atoms with Crippen molar-refractivity contribution < 1.29 is 23.9 Å². The van der Waals surface area contributed by atoms with Crippen LogP contribution in [0.4, 0.5) is 16.2 Å². The zero-order chi connectivity index (χ0) is 26.4. The first-order valence-corrected chi connectivity index (χ1v) is 12.9. The molecule has 3 aromatic rings. The molecule has 0 aromatic heterocycles. The van der Waals surface area contributed by atoms with Gasteiger partial charge in [0.1, 0.15) is 12.3 Å². The van der Waals surface area contributed by atoms with E-state index in [1.165, 1.54) is 6.08 Å². The van der Waals surface area contributed by atoms with Gasteiger partial charge in [0.2, 0.25) is 5.91 Å². The van der Waals surface area contributed by atoms with Crippen LogP contribution in [0.5, 0.6) is 5.75 Å². The average Bonchev–Trinajstić information content (AvgIpc) is 3.13. The average molecular weight is 601 g/mol. The molecule has 4 amide bonds. The minimum atomic E-state index is -0.597. The first-order valence-electron chi connectivity index (χ1n) is 10.9. The molecule has 11 heteroatoms. The Labute approximate surface area is 230 Å². The summed E-state index contributed by atoms with van der Waals surface area (Å²) in [4.78, 5) is 51.1. The summed E-state index contributed by atoms with van der Waals surface area (Å²) >= 11 is 10.2. The van der Waals surface area contributed by atoms with Crippen LogP contribution in [0.3, 0.4) is 0 Å². The van der Waals surface area contributed by atoms with Gasteiger partial charge in [0, 0.05) is 15.7 Å². The normalized spacial score (nSPS) is 14.1. The van der Waals surface area contributed by atoms with E-state index in [9.17, 15) is 19.2 Å². The summed E-state index contributed by atoms with van der Waals surface area (Å²) in [5.74, 6) is -1.19.